The van der Waals surface area contributed by atoms with Gasteiger partial charge in [-0.3, -0.25) is 4.79 Å². The number of amides is 1. The molecule has 100 valence electrons. The van der Waals surface area contributed by atoms with Crippen LogP contribution in [0.4, 0.5) is 5.69 Å². The second kappa shape index (κ2) is 4.69. The number of hydrogen-bond donors (Lipinski definition) is 1. The summed E-state index contributed by atoms with van der Waals surface area (Å²) in [5.74, 6) is 0.0554. The average molecular weight is 295 g/mol. The van der Waals surface area contributed by atoms with Crippen LogP contribution in [0.25, 0.3) is 10.1 Å². The summed E-state index contributed by atoms with van der Waals surface area (Å²) in [6, 6.07) is 5.86. The second-order valence-corrected chi connectivity index (χ2v) is 6.46. The van der Waals surface area contributed by atoms with E-state index in [1.807, 2.05) is 17.0 Å². The zero-order chi connectivity index (χ0) is 13.6. The van der Waals surface area contributed by atoms with E-state index >= 15 is 0 Å². The average Bonchev–Trinajstić information content (AvgIpc) is 2.93. The van der Waals surface area contributed by atoms with Crippen molar-refractivity contribution in [3.8, 4) is 0 Å². The van der Waals surface area contributed by atoms with Gasteiger partial charge in [-0.15, -0.1) is 11.3 Å². The van der Waals surface area contributed by atoms with Crippen LogP contribution in [0.1, 0.15) is 29.4 Å². The molecule has 1 aliphatic heterocycles. The fraction of sp³-hybridized carbons (Fsp3) is 0.357. The van der Waals surface area contributed by atoms with Crippen LogP contribution < -0.4 is 5.73 Å². The van der Waals surface area contributed by atoms with E-state index in [4.69, 9.17) is 17.3 Å². The first-order valence-electron chi connectivity index (χ1n) is 6.36. The first kappa shape index (κ1) is 12.8. The van der Waals surface area contributed by atoms with Gasteiger partial charge in [0.2, 0.25) is 0 Å². The van der Waals surface area contributed by atoms with Gasteiger partial charge in [0.25, 0.3) is 5.91 Å². The number of rotatable bonds is 1. The Hall–Kier alpha value is -1.26. The highest BCUT2D eigenvalue weighted by Gasteiger charge is 2.28. The number of likely N-dealkylation sites (tertiary alicyclic amines) is 1. The third kappa shape index (κ3) is 2.09. The van der Waals surface area contributed by atoms with Gasteiger partial charge in [0.1, 0.15) is 4.88 Å². The van der Waals surface area contributed by atoms with E-state index in [2.05, 4.69) is 6.92 Å². The number of benzene rings is 1. The van der Waals surface area contributed by atoms with Crippen molar-refractivity contribution in [3.63, 3.8) is 0 Å². The van der Waals surface area contributed by atoms with Crippen molar-refractivity contribution >= 4 is 44.6 Å². The standard InChI is InChI=1S/C14H15ClN2OS/c1-8-3-2-6-17(8)14(18)13-12(16)10-5-4-9(15)7-11(10)19-13/h4-5,7-8H,2-3,6,16H2,1H3. The molecular weight excluding hydrogens is 280 g/mol. The maximum atomic E-state index is 12.6. The lowest BCUT2D eigenvalue weighted by Crippen LogP contribution is -2.33. The summed E-state index contributed by atoms with van der Waals surface area (Å²) >= 11 is 7.42. The number of thiophene rings is 1. The van der Waals surface area contributed by atoms with Crippen molar-refractivity contribution in [2.45, 2.75) is 25.8 Å². The zero-order valence-electron chi connectivity index (χ0n) is 10.6. The van der Waals surface area contributed by atoms with Gasteiger partial charge in [-0.2, -0.15) is 0 Å². The molecule has 0 spiro atoms. The summed E-state index contributed by atoms with van der Waals surface area (Å²) in [6.45, 7) is 2.92. The predicted octanol–water partition coefficient (Wildman–Crippen LogP) is 3.76. The van der Waals surface area contributed by atoms with Crippen molar-refractivity contribution in [1.82, 2.24) is 4.90 Å². The Balaban J connectivity index is 2.05. The number of carbonyl (C=O) groups excluding carboxylic acids is 1. The van der Waals surface area contributed by atoms with Crippen LogP contribution in [-0.4, -0.2) is 23.4 Å². The van der Waals surface area contributed by atoms with Crippen molar-refractivity contribution in [3.05, 3.63) is 28.1 Å². The van der Waals surface area contributed by atoms with Crippen LogP contribution in [0.2, 0.25) is 5.02 Å². The molecule has 0 bridgehead atoms. The Morgan fingerprint density at radius 1 is 1.53 bits per heavy atom. The molecule has 1 amide bonds. The summed E-state index contributed by atoms with van der Waals surface area (Å²) in [6.07, 6.45) is 2.14. The van der Waals surface area contributed by atoms with Crippen LogP contribution in [0.3, 0.4) is 0 Å². The minimum Gasteiger partial charge on any atom is -0.397 e. The van der Waals surface area contributed by atoms with Gasteiger partial charge in [-0.1, -0.05) is 11.6 Å². The van der Waals surface area contributed by atoms with Crippen LogP contribution >= 0.6 is 22.9 Å². The molecule has 0 saturated carbocycles. The molecular formula is C14H15ClN2OS. The molecule has 3 rings (SSSR count). The Kier molecular flexibility index (Phi) is 3.15. The molecule has 1 fully saturated rings. The number of nitrogens with two attached hydrogens (primary N) is 1. The van der Waals surface area contributed by atoms with E-state index in [0.29, 0.717) is 21.6 Å². The molecule has 2 heterocycles. The van der Waals surface area contributed by atoms with Gasteiger partial charge in [-0.25, -0.2) is 0 Å². The maximum Gasteiger partial charge on any atom is 0.266 e. The van der Waals surface area contributed by atoms with Gasteiger partial charge in [0.05, 0.1) is 5.69 Å². The number of halogens is 1. The van der Waals surface area contributed by atoms with E-state index in [0.717, 1.165) is 29.5 Å². The monoisotopic (exact) mass is 294 g/mol. The molecule has 0 aliphatic carbocycles. The number of carbonyl (C=O) groups is 1. The van der Waals surface area contributed by atoms with Crippen molar-refractivity contribution < 1.29 is 4.79 Å². The number of anilines is 1. The van der Waals surface area contributed by atoms with Crippen molar-refractivity contribution in [2.24, 2.45) is 0 Å². The second-order valence-electron chi connectivity index (χ2n) is 4.98. The quantitative estimate of drug-likeness (QED) is 0.870. The van der Waals surface area contributed by atoms with Gasteiger partial charge in [-0.05, 0) is 38.0 Å². The third-order valence-corrected chi connectivity index (χ3v) is 5.09. The summed E-state index contributed by atoms with van der Waals surface area (Å²) in [7, 11) is 0. The smallest absolute Gasteiger partial charge is 0.266 e. The van der Waals surface area contributed by atoms with Crippen LogP contribution in [0, 0.1) is 0 Å². The topological polar surface area (TPSA) is 46.3 Å². The highest BCUT2D eigenvalue weighted by molar-refractivity contribution is 7.21. The largest absolute Gasteiger partial charge is 0.397 e. The van der Waals surface area contributed by atoms with Crippen molar-refractivity contribution in [2.75, 3.05) is 12.3 Å². The summed E-state index contributed by atoms with van der Waals surface area (Å²) < 4.78 is 0.972. The molecule has 1 saturated heterocycles. The molecule has 1 aromatic carbocycles. The molecule has 2 aromatic rings. The molecule has 1 unspecified atom stereocenters. The first-order chi connectivity index (χ1) is 9.08. The molecule has 5 heteroatoms. The normalized spacial score (nSPS) is 19.3. The maximum absolute atomic E-state index is 12.6. The fourth-order valence-electron chi connectivity index (χ4n) is 2.61. The molecule has 0 radical (unpaired) electrons. The van der Waals surface area contributed by atoms with Gasteiger partial charge >= 0.3 is 0 Å². The Morgan fingerprint density at radius 3 is 3.00 bits per heavy atom. The van der Waals surface area contributed by atoms with Gasteiger partial charge < -0.3 is 10.6 Å². The molecule has 19 heavy (non-hydrogen) atoms. The summed E-state index contributed by atoms with van der Waals surface area (Å²) in [5.41, 5.74) is 6.71. The van der Waals surface area contributed by atoms with E-state index in [1.54, 1.807) is 6.07 Å². The highest BCUT2D eigenvalue weighted by atomic mass is 35.5. The van der Waals surface area contributed by atoms with E-state index in [-0.39, 0.29) is 5.91 Å². The van der Waals surface area contributed by atoms with Crippen LogP contribution in [-0.2, 0) is 0 Å². The highest BCUT2D eigenvalue weighted by Crippen LogP contribution is 2.36. The SMILES string of the molecule is CC1CCCN1C(=O)c1sc2cc(Cl)ccc2c1N. The summed E-state index contributed by atoms with van der Waals surface area (Å²) in [5, 5.41) is 1.59. The Labute approximate surface area is 121 Å². The fourth-order valence-corrected chi connectivity index (χ4v) is 3.97. The Morgan fingerprint density at radius 2 is 2.32 bits per heavy atom. The minimum atomic E-state index is 0.0554. The van der Waals surface area contributed by atoms with Crippen molar-refractivity contribution in [1.29, 1.82) is 0 Å². The minimum absolute atomic E-state index is 0.0554. The number of nitrogen functional groups attached to an aromatic ring is 1. The predicted molar refractivity (Wildman–Crippen MR) is 81.0 cm³/mol. The van der Waals surface area contributed by atoms with Gasteiger partial charge in [0.15, 0.2) is 0 Å². The number of fused-ring (bicyclic) bond motifs is 1. The number of hydrogen-bond acceptors (Lipinski definition) is 3. The molecule has 2 N–H and O–H groups in total. The van der Waals surface area contributed by atoms with Crippen LogP contribution in [0.15, 0.2) is 18.2 Å². The lowest BCUT2D eigenvalue weighted by Gasteiger charge is -2.20. The molecule has 3 nitrogen and oxygen atoms in total. The molecule has 1 atom stereocenters. The molecule has 1 aromatic heterocycles. The number of nitrogens with zero attached hydrogens (tertiary/aromatic N) is 1. The van der Waals surface area contributed by atoms with E-state index in [1.165, 1.54) is 11.3 Å². The zero-order valence-corrected chi connectivity index (χ0v) is 12.2. The summed E-state index contributed by atoms with van der Waals surface area (Å²) in [4.78, 5) is 15.1. The lowest BCUT2D eigenvalue weighted by molar-refractivity contribution is 0.0753. The van der Waals surface area contributed by atoms with Crippen LogP contribution in [0.5, 0.6) is 0 Å². The van der Waals surface area contributed by atoms with Gasteiger partial charge in [0, 0.05) is 27.7 Å². The lowest BCUT2D eigenvalue weighted by atomic mass is 10.2. The van der Waals surface area contributed by atoms with E-state index in [9.17, 15) is 4.79 Å². The Bertz CT molecular complexity index is 652. The van der Waals surface area contributed by atoms with E-state index < -0.39 is 0 Å². The third-order valence-electron chi connectivity index (χ3n) is 3.70. The molecule has 1 aliphatic rings. The first-order valence-corrected chi connectivity index (χ1v) is 7.56.